The van der Waals surface area contributed by atoms with E-state index in [2.05, 4.69) is 17.1 Å². The van der Waals surface area contributed by atoms with Crippen LogP contribution in [0.5, 0.6) is 0 Å². The van der Waals surface area contributed by atoms with Gasteiger partial charge >= 0.3 is 0 Å². The quantitative estimate of drug-likeness (QED) is 0.879. The predicted molar refractivity (Wildman–Crippen MR) is 95.4 cm³/mol. The molecule has 1 aromatic rings. The first kappa shape index (κ1) is 18.9. The Labute approximate surface area is 144 Å². The molecule has 1 heterocycles. The normalized spacial score (nSPS) is 18.5. The van der Waals surface area contributed by atoms with Crippen LogP contribution in [-0.2, 0) is 14.8 Å². The summed E-state index contributed by atoms with van der Waals surface area (Å²) >= 11 is 0. The van der Waals surface area contributed by atoms with Gasteiger partial charge in [0.2, 0.25) is 15.9 Å². The zero-order chi connectivity index (χ0) is 17.9. The van der Waals surface area contributed by atoms with Gasteiger partial charge in [-0.25, -0.2) is 12.7 Å². The average Bonchev–Trinajstić information content (AvgIpc) is 2.55. The van der Waals surface area contributed by atoms with E-state index in [0.717, 1.165) is 30.2 Å². The number of sulfonamides is 1. The molecule has 134 valence electrons. The number of nitrogens with one attached hydrogen (secondary N) is 1. The fourth-order valence-electron chi connectivity index (χ4n) is 2.77. The molecular weight excluding hydrogens is 326 g/mol. The molecule has 1 aliphatic heterocycles. The van der Waals surface area contributed by atoms with Crippen molar-refractivity contribution in [3.8, 4) is 0 Å². The number of hydrogen-bond donors (Lipinski definition) is 1. The predicted octanol–water partition coefficient (Wildman–Crippen LogP) is 2.00. The van der Waals surface area contributed by atoms with Gasteiger partial charge in [-0.3, -0.25) is 9.69 Å². The summed E-state index contributed by atoms with van der Waals surface area (Å²) in [6.07, 6.45) is 2.21. The van der Waals surface area contributed by atoms with E-state index in [1.165, 1.54) is 26.2 Å². The molecule has 1 N–H and O–H groups in total. The molecule has 1 unspecified atom stereocenters. The maximum atomic E-state index is 12.5. The summed E-state index contributed by atoms with van der Waals surface area (Å²) in [6, 6.07) is 6.14. The van der Waals surface area contributed by atoms with Crippen molar-refractivity contribution in [1.29, 1.82) is 0 Å². The van der Waals surface area contributed by atoms with Gasteiger partial charge in [0.15, 0.2) is 0 Å². The van der Waals surface area contributed by atoms with E-state index in [1.807, 2.05) is 6.92 Å². The van der Waals surface area contributed by atoms with Crippen LogP contribution in [0.15, 0.2) is 29.2 Å². The zero-order valence-electron chi connectivity index (χ0n) is 14.8. The molecule has 24 heavy (non-hydrogen) atoms. The standard InChI is InChI=1S/C17H27N3O3S/c1-13-8-10-20(11-9-13)14(2)17(21)18-15-6-5-7-16(12-15)24(22,23)19(3)4/h5-7,12-14H,8-11H2,1-4H3,(H,18,21). The number of likely N-dealkylation sites (tertiary alicyclic amines) is 1. The third kappa shape index (κ3) is 4.34. The van der Waals surface area contributed by atoms with Crippen molar-refractivity contribution in [1.82, 2.24) is 9.21 Å². The van der Waals surface area contributed by atoms with Crippen molar-refractivity contribution in [3.63, 3.8) is 0 Å². The Morgan fingerprint density at radius 2 is 1.92 bits per heavy atom. The number of carbonyl (C=O) groups excluding carboxylic acids is 1. The molecule has 2 rings (SSSR count). The van der Waals surface area contributed by atoms with Crippen LogP contribution in [0.1, 0.15) is 26.7 Å². The second-order valence-corrected chi connectivity index (χ2v) is 8.85. The maximum Gasteiger partial charge on any atom is 0.242 e. The Morgan fingerprint density at radius 3 is 2.50 bits per heavy atom. The molecule has 1 aromatic carbocycles. The Hall–Kier alpha value is -1.44. The van der Waals surface area contributed by atoms with Gasteiger partial charge in [-0.1, -0.05) is 13.0 Å². The molecular formula is C17H27N3O3S. The van der Waals surface area contributed by atoms with Crippen molar-refractivity contribution in [2.45, 2.75) is 37.6 Å². The van der Waals surface area contributed by atoms with Crippen molar-refractivity contribution < 1.29 is 13.2 Å². The third-order valence-corrected chi connectivity index (χ3v) is 6.44. The molecule has 0 bridgehead atoms. The number of benzene rings is 1. The molecule has 1 fully saturated rings. The van der Waals surface area contributed by atoms with Crippen molar-refractivity contribution in [3.05, 3.63) is 24.3 Å². The minimum Gasteiger partial charge on any atom is -0.325 e. The Bertz CT molecular complexity index is 680. The highest BCUT2D eigenvalue weighted by Gasteiger charge is 2.25. The molecule has 1 aliphatic rings. The summed E-state index contributed by atoms with van der Waals surface area (Å²) in [5.41, 5.74) is 0.500. The second-order valence-electron chi connectivity index (χ2n) is 6.70. The first-order valence-corrected chi connectivity index (χ1v) is 9.73. The summed E-state index contributed by atoms with van der Waals surface area (Å²) in [5.74, 6) is 0.605. The van der Waals surface area contributed by atoms with E-state index in [1.54, 1.807) is 12.1 Å². The van der Waals surface area contributed by atoms with Crippen LogP contribution in [0.25, 0.3) is 0 Å². The molecule has 0 aliphatic carbocycles. The first-order chi connectivity index (χ1) is 11.2. The highest BCUT2D eigenvalue weighted by Crippen LogP contribution is 2.20. The Kier molecular flexibility index (Phi) is 6.01. The number of anilines is 1. The minimum absolute atomic E-state index is 0.107. The summed E-state index contributed by atoms with van der Waals surface area (Å²) in [7, 11) is -0.538. The smallest absolute Gasteiger partial charge is 0.242 e. The van der Waals surface area contributed by atoms with Crippen LogP contribution in [0.4, 0.5) is 5.69 Å². The number of piperidine rings is 1. The Balaban J connectivity index is 2.07. The monoisotopic (exact) mass is 353 g/mol. The van der Waals surface area contributed by atoms with Gasteiger partial charge in [-0.2, -0.15) is 0 Å². The van der Waals surface area contributed by atoms with Crippen LogP contribution in [0.3, 0.4) is 0 Å². The van der Waals surface area contributed by atoms with Gasteiger partial charge in [-0.15, -0.1) is 0 Å². The van der Waals surface area contributed by atoms with Gasteiger partial charge in [0.25, 0.3) is 0 Å². The first-order valence-electron chi connectivity index (χ1n) is 8.29. The zero-order valence-corrected chi connectivity index (χ0v) is 15.6. The molecule has 0 radical (unpaired) electrons. The SMILES string of the molecule is CC1CCN(C(C)C(=O)Nc2cccc(S(=O)(=O)N(C)C)c2)CC1. The van der Waals surface area contributed by atoms with Crippen LogP contribution in [0.2, 0.25) is 0 Å². The van der Waals surface area contributed by atoms with E-state index >= 15 is 0 Å². The number of carbonyl (C=O) groups is 1. The largest absolute Gasteiger partial charge is 0.325 e. The fraction of sp³-hybridized carbons (Fsp3) is 0.588. The van der Waals surface area contributed by atoms with Crippen LogP contribution >= 0.6 is 0 Å². The number of amides is 1. The lowest BCUT2D eigenvalue weighted by atomic mass is 9.98. The van der Waals surface area contributed by atoms with Crippen LogP contribution in [-0.4, -0.2) is 56.8 Å². The van der Waals surface area contributed by atoms with Gasteiger partial charge < -0.3 is 5.32 Å². The van der Waals surface area contributed by atoms with Gasteiger partial charge in [0.1, 0.15) is 0 Å². The topological polar surface area (TPSA) is 69.7 Å². The van der Waals surface area contributed by atoms with E-state index in [9.17, 15) is 13.2 Å². The van der Waals surface area contributed by atoms with Gasteiger partial charge in [0, 0.05) is 19.8 Å². The van der Waals surface area contributed by atoms with Crippen LogP contribution in [0, 0.1) is 5.92 Å². The summed E-state index contributed by atoms with van der Waals surface area (Å²) in [5, 5.41) is 2.84. The molecule has 0 saturated carbocycles. The van der Waals surface area contributed by atoms with E-state index in [0.29, 0.717) is 11.6 Å². The molecule has 6 nitrogen and oxygen atoms in total. The second kappa shape index (κ2) is 7.63. The van der Waals surface area contributed by atoms with Crippen molar-refractivity contribution in [2.75, 3.05) is 32.5 Å². The molecule has 7 heteroatoms. The molecule has 1 atom stereocenters. The number of nitrogens with zero attached hydrogens (tertiary/aromatic N) is 2. The highest BCUT2D eigenvalue weighted by molar-refractivity contribution is 7.89. The van der Waals surface area contributed by atoms with E-state index in [-0.39, 0.29) is 16.8 Å². The lowest BCUT2D eigenvalue weighted by molar-refractivity contribution is -0.121. The molecule has 0 spiro atoms. The van der Waals surface area contributed by atoms with Gasteiger partial charge in [-0.05, 0) is 57.0 Å². The molecule has 1 saturated heterocycles. The summed E-state index contributed by atoms with van der Waals surface area (Å²) in [4.78, 5) is 14.8. The Morgan fingerprint density at radius 1 is 1.29 bits per heavy atom. The fourth-order valence-corrected chi connectivity index (χ4v) is 3.72. The van der Waals surface area contributed by atoms with Crippen molar-refractivity contribution >= 4 is 21.6 Å². The average molecular weight is 353 g/mol. The highest BCUT2D eigenvalue weighted by atomic mass is 32.2. The van der Waals surface area contributed by atoms with Crippen molar-refractivity contribution in [2.24, 2.45) is 5.92 Å². The maximum absolute atomic E-state index is 12.5. The number of rotatable bonds is 5. The third-order valence-electron chi connectivity index (χ3n) is 4.63. The minimum atomic E-state index is -3.51. The lowest BCUT2D eigenvalue weighted by Crippen LogP contribution is -2.45. The molecule has 0 aromatic heterocycles. The van der Waals surface area contributed by atoms with E-state index < -0.39 is 10.0 Å². The summed E-state index contributed by atoms with van der Waals surface area (Å²) in [6.45, 7) is 5.97. The number of hydrogen-bond acceptors (Lipinski definition) is 4. The van der Waals surface area contributed by atoms with Crippen LogP contribution < -0.4 is 5.32 Å². The summed E-state index contributed by atoms with van der Waals surface area (Å²) < 4.78 is 25.5. The van der Waals surface area contributed by atoms with Gasteiger partial charge in [0.05, 0.1) is 10.9 Å². The lowest BCUT2D eigenvalue weighted by Gasteiger charge is -2.34. The van der Waals surface area contributed by atoms with E-state index in [4.69, 9.17) is 0 Å². The molecule has 1 amide bonds.